The lowest BCUT2D eigenvalue weighted by atomic mass is 9.82. The van der Waals surface area contributed by atoms with Gasteiger partial charge in [0.25, 0.3) is 0 Å². The SMILES string of the molecule is O=C(O)C1CCCc2c(OCCCN(Cc3cccc(C(F)(F)F)c3Cl)CC(c3ccccc3)c3ccccc3)cccc21. The van der Waals surface area contributed by atoms with E-state index in [4.69, 9.17) is 16.3 Å². The number of benzene rings is 4. The summed E-state index contributed by atoms with van der Waals surface area (Å²) in [6.07, 6.45) is -1.76. The van der Waals surface area contributed by atoms with Gasteiger partial charge in [0.15, 0.2) is 0 Å². The molecular formula is C36H35ClF3NO3. The molecule has 0 aliphatic heterocycles. The van der Waals surface area contributed by atoms with Gasteiger partial charge in [0, 0.05) is 25.6 Å². The first-order valence-corrected chi connectivity index (χ1v) is 15.2. The van der Waals surface area contributed by atoms with Gasteiger partial charge in [-0.15, -0.1) is 0 Å². The van der Waals surface area contributed by atoms with Gasteiger partial charge in [-0.2, -0.15) is 13.2 Å². The van der Waals surface area contributed by atoms with Crippen molar-refractivity contribution in [3.8, 4) is 5.75 Å². The largest absolute Gasteiger partial charge is 0.493 e. The Hall–Kier alpha value is -3.81. The minimum absolute atomic E-state index is 0.0167. The first kappa shape index (κ1) is 31.6. The summed E-state index contributed by atoms with van der Waals surface area (Å²) in [5, 5.41) is 9.40. The van der Waals surface area contributed by atoms with Crippen LogP contribution in [0.5, 0.6) is 5.75 Å². The topological polar surface area (TPSA) is 49.8 Å². The Labute approximate surface area is 261 Å². The molecule has 1 N–H and O–H groups in total. The Kier molecular flexibility index (Phi) is 10.3. The number of alkyl halides is 3. The molecule has 0 saturated heterocycles. The van der Waals surface area contributed by atoms with Crippen LogP contribution in [0.15, 0.2) is 97.1 Å². The minimum atomic E-state index is -4.54. The highest BCUT2D eigenvalue weighted by Crippen LogP contribution is 2.38. The summed E-state index contributed by atoms with van der Waals surface area (Å²) >= 11 is 6.34. The predicted octanol–water partition coefficient (Wildman–Crippen LogP) is 8.97. The second-order valence-electron chi connectivity index (χ2n) is 11.2. The molecule has 0 bridgehead atoms. The van der Waals surface area contributed by atoms with Crippen molar-refractivity contribution in [2.75, 3.05) is 19.7 Å². The van der Waals surface area contributed by atoms with E-state index in [1.807, 2.05) is 54.6 Å². The number of halogens is 4. The fraction of sp³-hybridized carbons (Fsp3) is 0.306. The molecule has 0 saturated carbocycles. The van der Waals surface area contributed by atoms with Crippen molar-refractivity contribution in [2.24, 2.45) is 0 Å². The maximum Gasteiger partial charge on any atom is 0.417 e. The number of carboxylic acids is 1. The van der Waals surface area contributed by atoms with Crippen LogP contribution in [0.1, 0.15) is 64.5 Å². The number of rotatable bonds is 12. The van der Waals surface area contributed by atoms with E-state index in [1.54, 1.807) is 6.07 Å². The van der Waals surface area contributed by atoms with Crippen LogP contribution in [0.25, 0.3) is 0 Å². The second kappa shape index (κ2) is 14.3. The van der Waals surface area contributed by atoms with Crippen LogP contribution in [0.2, 0.25) is 5.02 Å². The Balaban J connectivity index is 1.37. The first-order valence-electron chi connectivity index (χ1n) is 14.9. The minimum Gasteiger partial charge on any atom is -0.493 e. The Morgan fingerprint density at radius 2 is 1.59 bits per heavy atom. The smallest absolute Gasteiger partial charge is 0.417 e. The van der Waals surface area contributed by atoms with E-state index in [0.29, 0.717) is 43.9 Å². The third-order valence-corrected chi connectivity index (χ3v) is 8.71. The zero-order valence-electron chi connectivity index (χ0n) is 24.3. The van der Waals surface area contributed by atoms with Crippen molar-refractivity contribution in [2.45, 2.75) is 50.2 Å². The van der Waals surface area contributed by atoms with Crippen molar-refractivity contribution in [1.29, 1.82) is 0 Å². The molecule has 1 unspecified atom stereocenters. The number of ether oxygens (including phenoxy) is 1. The molecule has 4 aromatic rings. The number of nitrogens with zero attached hydrogens (tertiary/aromatic N) is 1. The maximum absolute atomic E-state index is 13.7. The maximum atomic E-state index is 13.7. The van der Waals surface area contributed by atoms with E-state index in [2.05, 4.69) is 29.2 Å². The quantitative estimate of drug-likeness (QED) is 0.160. The molecule has 4 aromatic carbocycles. The summed E-state index contributed by atoms with van der Waals surface area (Å²) in [4.78, 5) is 13.9. The normalized spacial score (nSPS) is 14.9. The van der Waals surface area contributed by atoms with Crippen molar-refractivity contribution in [1.82, 2.24) is 4.90 Å². The molecule has 5 rings (SSSR count). The van der Waals surface area contributed by atoms with E-state index < -0.39 is 23.6 Å². The predicted molar refractivity (Wildman–Crippen MR) is 166 cm³/mol. The molecule has 0 heterocycles. The van der Waals surface area contributed by atoms with Crippen LogP contribution in [-0.4, -0.2) is 35.7 Å². The van der Waals surface area contributed by atoms with Gasteiger partial charge in [0.1, 0.15) is 5.75 Å². The molecule has 0 amide bonds. The number of hydrogen-bond donors (Lipinski definition) is 1. The van der Waals surface area contributed by atoms with Crippen LogP contribution in [0.4, 0.5) is 13.2 Å². The molecule has 230 valence electrons. The molecular weight excluding hydrogens is 587 g/mol. The van der Waals surface area contributed by atoms with E-state index in [9.17, 15) is 23.1 Å². The highest BCUT2D eigenvalue weighted by Gasteiger charge is 2.34. The number of carboxylic acid groups (broad SMARTS) is 1. The molecule has 44 heavy (non-hydrogen) atoms. The van der Waals surface area contributed by atoms with Crippen LogP contribution < -0.4 is 4.74 Å². The summed E-state index contributed by atoms with van der Waals surface area (Å²) in [5.41, 5.74) is 3.57. The van der Waals surface area contributed by atoms with Gasteiger partial charge in [0.05, 0.1) is 23.1 Å². The lowest BCUT2D eigenvalue weighted by Crippen LogP contribution is -2.31. The van der Waals surface area contributed by atoms with E-state index in [1.165, 1.54) is 6.07 Å². The zero-order valence-corrected chi connectivity index (χ0v) is 25.0. The van der Waals surface area contributed by atoms with Gasteiger partial charge in [-0.05, 0) is 65.6 Å². The molecule has 0 aromatic heterocycles. The highest BCUT2D eigenvalue weighted by atomic mass is 35.5. The van der Waals surface area contributed by atoms with Crippen LogP contribution in [-0.2, 0) is 23.9 Å². The summed E-state index contributed by atoms with van der Waals surface area (Å²) < 4.78 is 47.2. The van der Waals surface area contributed by atoms with Crippen LogP contribution >= 0.6 is 11.6 Å². The average Bonchev–Trinajstić information content (AvgIpc) is 3.02. The molecule has 0 fully saturated rings. The third kappa shape index (κ3) is 7.63. The number of fused-ring (bicyclic) bond motifs is 1. The number of carbonyl (C=O) groups is 1. The van der Waals surface area contributed by atoms with Crippen molar-refractivity contribution in [3.05, 3.63) is 135 Å². The van der Waals surface area contributed by atoms with Gasteiger partial charge < -0.3 is 9.84 Å². The summed E-state index contributed by atoms with van der Waals surface area (Å²) in [5.74, 6) is -0.661. The lowest BCUT2D eigenvalue weighted by Gasteiger charge is -2.29. The summed E-state index contributed by atoms with van der Waals surface area (Å²) in [6.45, 7) is 1.72. The molecule has 8 heteroatoms. The fourth-order valence-electron chi connectivity index (χ4n) is 6.11. The standard InChI is InChI=1S/C36H35ClF3NO3/c37-34-27(15-7-19-32(34)36(38,39)40)23-41(24-31(25-11-3-1-4-12-25)26-13-5-2-6-14-26)21-10-22-44-33-20-9-16-28-29(33)17-8-18-30(28)35(42)43/h1-7,9,11-16,19-20,30-31H,8,10,17-18,21-24H2,(H,42,43). The van der Waals surface area contributed by atoms with E-state index in [-0.39, 0.29) is 17.5 Å². The Morgan fingerprint density at radius 3 is 2.23 bits per heavy atom. The summed E-state index contributed by atoms with van der Waals surface area (Å²) in [7, 11) is 0. The fourth-order valence-corrected chi connectivity index (χ4v) is 6.40. The molecule has 1 aliphatic carbocycles. The first-order chi connectivity index (χ1) is 21.2. The van der Waals surface area contributed by atoms with Crippen LogP contribution in [0.3, 0.4) is 0 Å². The van der Waals surface area contributed by atoms with Crippen LogP contribution in [0, 0.1) is 0 Å². The van der Waals surface area contributed by atoms with Gasteiger partial charge in [0.2, 0.25) is 0 Å². The highest BCUT2D eigenvalue weighted by molar-refractivity contribution is 6.32. The van der Waals surface area contributed by atoms with Gasteiger partial charge in [-0.25, -0.2) is 0 Å². The Bertz CT molecular complexity index is 1510. The zero-order chi connectivity index (χ0) is 31.1. The third-order valence-electron chi connectivity index (χ3n) is 8.26. The average molecular weight is 622 g/mol. The molecule has 1 atom stereocenters. The monoisotopic (exact) mass is 621 g/mol. The molecule has 1 aliphatic rings. The molecule has 0 radical (unpaired) electrons. The van der Waals surface area contributed by atoms with E-state index >= 15 is 0 Å². The molecule has 4 nitrogen and oxygen atoms in total. The second-order valence-corrected chi connectivity index (χ2v) is 11.6. The van der Waals surface area contributed by atoms with Crippen molar-refractivity contribution in [3.63, 3.8) is 0 Å². The van der Waals surface area contributed by atoms with Gasteiger partial charge in [-0.1, -0.05) is 96.5 Å². The lowest BCUT2D eigenvalue weighted by molar-refractivity contribution is -0.139. The number of hydrogen-bond acceptors (Lipinski definition) is 3. The van der Waals surface area contributed by atoms with Crippen molar-refractivity contribution < 1.29 is 27.8 Å². The summed E-state index contributed by atoms with van der Waals surface area (Å²) in [6, 6.07) is 29.8. The van der Waals surface area contributed by atoms with E-state index in [0.717, 1.165) is 41.2 Å². The molecule has 0 spiro atoms. The Morgan fingerprint density at radius 1 is 0.932 bits per heavy atom. The van der Waals surface area contributed by atoms with Gasteiger partial charge >= 0.3 is 12.1 Å². The number of aliphatic carboxylic acids is 1. The van der Waals surface area contributed by atoms with Crippen molar-refractivity contribution >= 4 is 17.6 Å². The van der Waals surface area contributed by atoms with Gasteiger partial charge in [-0.3, -0.25) is 9.69 Å².